The van der Waals surface area contributed by atoms with Crippen LogP contribution in [0.1, 0.15) is 21.7 Å². The molecule has 1 saturated heterocycles. The van der Waals surface area contributed by atoms with Crippen LogP contribution in [0.5, 0.6) is 0 Å². The maximum Gasteiger partial charge on any atom is 0.259 e. The van der Waals surface area contributed by atoms with Gasteiger partial charge in [-0.2, -0.15) is 0 Å². The third-order valence-electron chi connectivity index (χ3n) is 3.89. The van der Waals surface area contributed by atoms with Gasteiger partial charge in [0.25, 0.3) is 5.91 Å². The van der Waals surface area contributed by atoms with Crippen molar-refractivity contribution in [2.45, 2.75) is 13.5 Å². The molecule has 1 aromatic carbocycles. The maximum absolute atomic E-state index is 12.4. The predicted octanol–water partition coefficient (Wildman–Crippen LogP) is 1.94. The van der Waals surface area contributed by atoms with Gasteiger partial charge in [0.1, 0.15) is 11.3 Å². The average Bonchev–Trinajstić information content (AvgIpc) is 2.94. The second kappa shape index (κ2) is 6.10. The highest BCUT2D eigenvalue weighted by atomic mass is 16.5. The molecule has 1 aromatic heterocycles. The van der Waals surface area contributed by atoms with E-state index in [0.717, 1.165) is 32.7 Å². The van der Waals surface area contributed by atoms with E-state index in [4.69, 9.17) is 4.52 Å². The smallest absolute Gasteiger partial charge is 0.259 e. The van der Waals surface area contributed by atoms with Crippen molar-refractivity contribution in [2.24, 2.45) is 0 Å². The number of carbonyl (C=O) groups excluding carboxylic acids is 1. The van der Waals surface area contributed by atoms with Gasteiger partial charge < -0.3 is 9.42 Å². The van der Waals surface area contributed by atoms with Crippen LogP contribution in [0, 0.1) is 6.92 Å². The van der Waals surface area contributed by atoms with Crippen molar-refractivity contribution in [2.75, 3.05) is 26.2 Å². The topological polar surface area (TPSA) is 49.6 Å². The standard InChI is InChI=1S/C16H19N3O2/c1-13-15(11-17-21-13)16(20)19-9-7-18(8-10-19)12-14-5-3-2-4-6-14/h2-6,11H,7-10,12H2,1H3. The molecule has 5 heteroatoms. The van der Waals surface area contributed by atoms with Crippen LogP contribution in [0.15, 0.2) is 41.1 Å². The van der Waals surface area contributed by atoms with Gasteiger partial charge in [-0.05, 0) is 12.5 Å². The van der Waals surface area contributed by atoms with Crippen molar-refractivity contribution >= 4 is 5.91 Å². The summed E-state index contributed by atoms with van der Waals surface area (Å²) in [6, 6.07) is 10.4. The summed E-state index contributed by atoms with van der Waals surface area (Å²) < 4.78 is 4.97. The number of carbonyl (C=O) groups is 1. The second-order valence-electron chi connectivity index (χ2n) is 5.35. The van der Waals surface area contributed by atoms with Gasteiger partial charge >= 0.3 is 0 Å². The molecule has 3 rings (SSSR count). The molecule has 2 heterocycles. The van der Waals surface area contributed by atoms with Gasteiger partial charge in [0.15, 0.2) is 0 Å². The van der Waals surface area contributed by atoms with Crippen LogP contribution < -0.4 is 0 Å². The SMILES string of the molecule is Cc1oncc1C(=O)N1CCN(Cc2ccccc2)CC1. The molecule has 21 heavy (non-hydrogen) atoms. The highest BCUT2D eigenvalue weighted by Crippen LogP contribution is 2.13. The van der Waals surface area contributed by atoms with Gasteiger partial charge in [-0.1, -0.05) is 35.5 Å². The molecular formula is C16H19N3O2. The molecule has 0 aliphatic carbocycles. The van der Waals surface area contributed by atoms with E-state index in [1.54, 1.807) is 6.92 Å². The van der Waals surface area contributed by atoms with E-state index >= 15 is 0 Å². The summed E-state index contributed by atoms with van der Waals surface area (Å²) in [7, 11) is 0. The van der Waals surface area contributed by atoms with Crippen LogP contribution in [0.4, 0.5) is 0 Å². The lowest BCUT2D eigenvalue weighted by Crippen LogP contribution is -2.48. The summed E-state index contributed by atoms with van der Waals surface area (Å²) in [5, 5.41) is 3.68. The van der Waals surface area contributed by atoms with E-state index in [1.807, 2.05) is 11.0 Å². The Morgan fingerprint density at radius 1 is 1.19 bits per heavy atom. The highest BCUT2D eigenvalue weighted by molar-refractivity contribution is 5.94. The van der Waals surface area contributed by atoms with Crippen LogP contribution in [0.25, 0.3) is 0 Å². The monoisotopic (exact) mass is 285 g/mol. The number of benzene rings is 1. The Kier molecular flexibility index (Phi) is 4.01. The minimum Gasteiger partial charge on any atom is -0.361 e. The first-order chi connectivity index (χ1) is 10.2. The quantitative estimate of drug-likeness (QED) is 0.865. The van der Waals surface area contributed by atoms with Crippen LogP contribution in [-0.2, 0) is 6.54 Å². The third kappa shape index (κ3) is 3.13. The molecule has 0 radical (unpaired) electrons. The van der Waals surface area contributed by atoms with E-state index in [9.17, 15) is 4.79 Å². The summed E-state index contributed by atoms with van der Waals surface area (Å²) in [5.41, 5.74) is 1.89. The van der Waals surface area contributed by atoms with Crippen LogP contribution in [-0.4, -0.2) is 47.0 Å². The second-order valence-corrected chi connectivity index (χ2v) is 5.35. The predicted molar refractivity (Wildman–Crippen MR) is 78.9 cm³/mol. The Hall–Kier alpha value is -2.14. The fraction of sp³-hybridized carbons (Fsp3) is 0.375. The zero-order chi connectivity index (χ0) is 14.7. The lowest BCUT2D eigenvalue weighted by Gasteiger charge is -2.34. The number of amides is 1. The molecule has 1 aliphatic heterocycles. The largest absolute Gasteiger partial charge is 0.361 e. The summed E-state index contributed by atoms with van der Waals surface area (Å²) in [5.74, 6) is 0.611. The van der Waals surface area contributed by atoms with Gasteiger partial charge in [0.05, 0.1) is 6.20 Å². The van der Waals surface area contributed by atoms with Crippen LogP contribution in [0.3, 0.4) is 0 Å². The Labute approximate surface area is 124 Å². The maximum atomic E-state index is 12.4. The number of rotatable bonds is 3. The molecule has 2 aromatic rings. The molecule has 0 atom stereocenters. The lowest BCUT2D eigenvalue weighted by molar-refractivity contribution is 0.0627. The Morgan fingerprint density at radius 2 is 1.90 bits per heavy atom. The third-order valence-corrected chi connectivity index (χ3v) is 3.89. The average molecular weight is 285 g/mol. The van der Waals surface area contributed by atoms with Gasteiger partial charge in [0.2, 0.25) is 0 Å². The molecule has 0 saturated carbocycles. The van der Waals surface area contributed by atoms with E-state index in [2.05, 4.69) is 34.3 Å². The van der Waals surface area contributed by atoms with E-state index in [-0.39, 0.29) is 5.91 Å². The van der Waals surface area contributed by atoms with Crippen molar-refractivity contribution in [1.82, 2.24) is 15.0 Å². The van der Waals surface area contributed by atoms with Gasteiger partial charge in [-0.15, -0.1) is 0 Å². The zero-order valence-electron chi connectivity index (χ0n) is 12.2. The summed E-state index contributed by atoms with van der Waals surface area (Å²) >= 11 is 0. The first kappa shape index (κ1) is 13.8. The zero-order valence-corrected chi connectivity index (χ0v) is 12.2. The Morgan fingerprint density at radius 3 is 2.52 bits per heavy atom. The summed E-state index contributed by atoms with van der Waals surface area (Å²) in [6.07, 6.45) is 1.51. The molecule has 0 bridgehead atoms. The van der Waals surface area contributed by atoms with Crippen molar-refractivity contribution in [1.29, 1.82) is 0 Å². The fourth-order valence-electron chi connectivity index (χ4n) is 2.63. The van der Waals surface area contributed by atoms with Gasteiger partial charge in [0, 0.05) is 32.7 Å². The van der Waals surface area contributed by atoms with Gasteiger partial charge in [-0.3, -0.25) is 9.69 Å². The molecule has 0 N–H and O–H groups in total. The van der Waals surface area contributed by atoms with Crippen molar-refractivity contribution in [3.05, 3.63) is 53.4 Å². The number of aromatic nitrogens is 1. The first-order valence-electron chi connectivity index (χ1n) is 7.21. The van der Waals surface area contributed by atoms with Gasteiger partial charge in [-0.25, -0.2) is 0 Å². The molecule has 1 fully saturated rings. The van der Waals surface area contributed by atoms with Crippen LogP contribution in [0.2, 0.25) is 0 Å². The molecule has 5 nitrogen and oxygen atoms in total. The number of piperazine rings is 1. The molecular weight excluding hydrogens is 266 g/mol. The lowest BCUT2D eigenvalue weighted by atomic mass is 10.2. The van der Waals surface area contributed by atoms with Crippen LogP contribution >= 0.6 is 0 Å². The highest BCUT2D eigenvalue weighted by Gasteiger charge is 2.24. The molecule has 0 spiro atoms. The number of nitrogens with zero attached hydrogens (tertiary/aromatic N) is 3. The first-order valence-corrected chi connectivity index (χ1v) is 7.21. The fourth-order valence-corrected chi connectivity index (χ4v) is 2.63. The van der Waals surface area contributed by atoms with Crippen molar-refractivity contribution in [3.8, 4) is 0 Å². The summed E-state index contributed by atoms with van der Waals surface area (Å²) in [4.78, 5) is 16.6. The minimum absolute atomic E-state index is 0.0214. The van der Waals surface area contributed by atoms with E-state index in [0.29, 0.717) is 11.3 Å². The number of hydrogen-bond donors (Lipinski definition) is 0. The van der Waals surface area contributed by atoms with E-state index in [1.165, 1.54) is 11.8 Å². The minimum atomic E-state index is 0.0214. The molecule has 1 aliphatic rings. The molecule has 110 valence electrons. The van der Waals surface area contributed by atoms with E-state index < -0.39 is 0 Å². The Bertz CT molecular complexity index is 601. The molecule has 1 amide bonds. The number of hydrogen-bond acceptors (Lipinski definition) is 4. The Balaban J connectivity index is 1.56. The number of aryl methyl sites for hydroxylation is 1. The summed E-state index contributed by atoms with van der Waals surface area (Å²) in [6.45, 7) is 5.99. The molecule has 0 unspecified atom stereocenters. The van der Waals surface area contributed by atoms with Crippen molar-refractivity contribution in [3.63, 3.8) is 0 Å². The van der Waals surface area contributed by atoms with Crippen molar-refractivity contribution < 1.29 is 9.32 Å². The normalized spacial score (nSPS) is 16.1.